The number of rotatable bonds is 2. The summed E-state index contributed by atoms with van der Waals surface area (Å²) in [6.45, 7) is 4.04. The van der Waals surface area contributed by atoms with E-state index in [1.165, 1.54) is 0 Å². The molecular formula is C14H15N3O. The molecule has 18 heavy (non-hydrogen) atoms. The Morgan fingerprint density at radius 3 is 2.61 bits per heavy atom. The van der Waals surface area contributed by atoms with E-state index in [1.54, 1.807) is 13.4 Å². The lowest BCUT2D eigenvalue weighted by molar-refractivity contribution is 0.411. The van der Waals surface area contributed by atoms with Gasteiger partial charge in [-0.15, -0.1) is 0 Å². The summed E-state index contributed by atoms with van der Waals surface area (Å²) in [7, 11) is 3.55. The Labute approximate surface area is 106 Å². The molecule has 0 saturated heterocycles. The number of ether oxygens (including phenoxy) is 1. The normalized spacial score (nSPS) is 10.2. The molecule has 1 aromatic carbocycles. The van der Waals surface area contributed by atoms with Crippen LogP contribution in [0, 0.1) is 25.2 Å². The third kappa shape index (κ3) is 1.74. The van der Waals surface area contributed by atoms with Gasteiger partial charge in [0.25, 0.3) is 0 Å². The average Bonchev–Trinajstić information content (AvgIpc) is 2.74. The second kappa shape index (κ2) is 4.53. The molecule has 0 atom stereocenters. The number of hydrogen-bond donors (Lipinski definition) is 0. The van der Waals surface area contributed by atoms with Crippen LogP contribution in [0.5, 0.6) is 5.75 Å². The Hall–Kier alpha value is -2.28. The Bertz CT molecular complexity index is 635. The largest absolute Gasteiger partial charge is 0.496 e. The van der Waals surface area contributed by atoms with E-state index in [2.05, 4.69) is 11.1 Å². The van der Waals surface area contributed by atoms with E-state index in [4.69, 9.17) is 10.00 Å². The van der Waals surface area contributed by atoms with Gasteiger partial charge in [0.15, 0.2) is 5.69 Å². The van der Waals surface area contributed by atoms with Crippen molar-refractivity contribution in [2.24, 2.45) is 7.05 Å². The fourth-order valence-electron chi connectivity index (χ4n) is 2.10. The van der Waals surface area contributed by atoms with Crippen LogP contribution in [0.15, 0.2) is 18.5 Å². The van der Waals surface area contributed by atoms with Crippen molar-refractivity contribution in [3.63, 3.8) is 0 Å². The molecule has 0 bridgehead atoms. The molecule has 1 aromatic heterocycles. The number of aromatic nitrogens is 2. The maximum Gasteiger partial charge on any atom is 0.166 e. The van der Waals surface area contributed by atoms with Crippen LogP contribution in [-0.4, -0.2) is 16.7 Å². The van der Waals surface area contributed by atoms with Crippen molar-refractivity contribution in [1.82, 2.24) is 9.55 Å². The molecule has 0 aliphatic rings. The first-order valence-electron chi connectivity index (χ1n) is 5.66. The summed E-state index contributed by atoms with van der Waals surface area (Å²) < 4.78 is 7.17. The highest BCUT2D eigenvalue weighted by Gasteiger charge is 2.15. The van der Waals surface area contributed by atoms with E-state index in [-0.39, 0.29) is 0 Å². The van der Waals surface area contributed by atoms with Crippen molar-refractivity contribution in [2.45, 2.75) is 13.8 Å². The van der Waals surface area contributed by atoms with Gasteiger partial charge < -0.3 is 9.30 Å². The molecule has 4 nitrogen and oxygen atoms in total. The second-order valence-corrected chi connectivity index (χ2v) is 4.23. The van der Waals surface area contributed by atoms with Gasteiger partial charge in [0, 0.05) is 12.6 Å². The van der Waals surface area contributed by atoms with Crippen molar-refractivity contribution < 1.29 is 4.74 Å². The summed E-state index contributed by atoms with van der Waals surface area (Å²) in [5.41, 5.74) is 4.50. The van der Waals surface area contributed by atoms with Crippen molar-refractivity contribution in [1.29, 1.82) is 5.26 Å². The minimum atomic E-state index is 0.449. The van der Waals surface area contributed by atoms with E-state index in [0.717, 1.165) is 28.1 Å². The quantitative estimate of drug-likeness (QED) is 0.812. The minimum absolute atomic E-state index is 0.449. The Balaban J connectivity index is 2.69. The zero-order valence-electron chi connectivity index (χ0n) is 11.0. The molecule has 0 saturated carbocycles. The molecule has 2 aromatic rings. The summed E-state index contributed by atoms with van der Waals surface area (Å²) in [5, 5.41) is 9.10. The van der Waals surface area contributed by atoms with Crippen LogP contribution in [0.25, 0.3) is 11.3 Å². The van der Waals surface area contributed by atoms with Crippen LogP contribution in [-0.2, 0) is 7.05 Å². The molecule has 0 fully saturated rings. The summed E-state index contributed by atoms with van der Waals surface area (Å²) >= 11 is 0. The first-order valence-corrected chi connectivity index (χ1v) is 5.66. The van der Waals surface area contributed by atoms with Crippen LogP contribution in [0.1, 0.15) is 16.8 Å². The van der Waals surface area contributed by atoms with Crippen LogP contribution < -0.4 is 4.74 Å². The van der Waals surface area contributed by atoms with E-state index < -0.39 is 0 Å². The predicted molar refractivity (Wildman–Crippen MR) is 69.4 cm³/mol. The first kappa shape index (κ1) is 12.2. The number of nitrogens with zero attached hydrogens (tertiary/aromatic N) is 3. The van der Waals surface area contributed by atoms with Gasteiger partial charge in [-0.25, -0.2) is 4.98 Å². The highest BCUT2D eigenvalue weighted by molar-refractivity contribution is 5.71. The van der Waals surface area contributed by atoms with Crippen LogP contribution in [0.2, 0.25) is 0 Å². The van der Waals surface area contributed by atoms with E-state index >= 15 is 0 Å². The fraction of sp³-hybridized carbons (Fsp3) is 0.286. The Morgan fingerprint density at radius 1 is 1.28 bits per heavy atom. The van der Waals surface area contributed by atoms with Crippen LogP contribution >= 0.6 is 0 Å². The number of aryl methyl sites for hydroxylation is 1. The van der Waals surface area contributed by atoms with Gasteiger partial charge >= 0.3 is 0 Å². The molecule has 1 heterocycles. The highest BCUT2D eigenvalue weighted by Crippen LogP contribution is 2.32. The second-order valence-electron chi connectivity index (χ2n) is 4.23. The summed E-state index contributed by atoms with van der Waals surface area (Å²) in [5.74, 6) is 0.858. The summed E-state index contributed by atoms with van der Waals surface area (Å²) in [6, 6.07) is 6.02. The molecule has 0 aliphatic heterocycles. The molecule has 0 spiro atoms. The van der Waals surface area contributed by atoms with E-state index in [1.807, 2.05) is 37.6 Å². The van der Waals surface area contributed by atoms with Gasteiger partial charge in [-0.2, -0.15) is 5.26 Å². The number of hydrogen-bond acceptors (Lipinski definition) is 3. The van der Waals surface area contributed by atoms with Gasteiger partial charge in [0.1, 0.15) is 11.8 Å². The van der Waals surface area contributed by atoms with Crippen molar-refractivity contribution in [3.05, 3.63) is 35.3 Å². The third-order valence-corrected chi connectivity index (χ3v) is 3.26. The molecule has 0 N–H and O–H groups in total. The maximum absolute atomic E-state index is 9.10. The third-order valence-electron chi connectivity index (χ3n) is 3.26. The zero-order valence-corrected chi connectivity index (χ0v) is 11.0. The Morgan fingerprint density at radius 2 is 2.00 bits per heavy atom. The van der Waals surface area contributed by atoms with E-state index in [9.17, 15) is 0 Å². The van der Waals surface area contributed by atoms with Crippen molar-refractivity contribution >= 4 is 0 Å². The topological polar surface area (TPSA) is 50.8 Å². The van der Waals surface area contributed by atoms with Crippen LogP contribution in [0.4, 0.5) is 0 Å². The highest BCUT2D eigenvalue weighted by atomic mass is 16.5. The van der Waals surface area contributed by atoms with Crippen molar-refractivity contribution in [3.8, 4) is 23.1 Å². The van der Waals surface area contributed by atoms with Gasteiger partial charge in [0.05, 0.1) is 19.1 Å². The lowest BCUT2D eigenvalue weighted by atomic mass is 9.99. The number of methoxy groups -OCH3 is 1. The first-order chi connectivity index (χ1) is 8.60. The maximum atomic E-state index is 9.10. The van der Waals surface area contributed by atoms with Gasteiger partial charge in [-0.05, 0) is 37.1 Å². The lowest BCUT2D eigenvalue weighted by Crippen LogP contribution is -1.97. The standard InChI is InChI=1S/C14H15N3O/c1-9-10(2)13(18-4)6-5-11(9)14-12(7-15)16-8-17(14)3/h5-6,8H,1-4H3. The zero-order chi connectivity index (χ0) is 13.3. The summed E-state index contributed by atoms with van der Waals surface area (Å²) in [6.07, 6.45) is 1.66. The average molecular weight is 241 g/mol. The smallest absolute Gasteiger partial charge is 0.166 e. The fourth-order valence-corrected chi connectivity index (χ4v) is 2.10. The molecule has 0 radical (unpaired) electrons. The summed E-state index contributed by atoms with van der Waals surface area (Å²) in [4.78, 5) is 4.09. The number of nitriles is 1. The van der Waals surface area contributed by atoms with Crippen LogP contribution in [0.3, 0.4) is 0 Å². The predicted octanol–water partition coefficient (Wildman–Crippen LogP) is 2.58. The lowest BCUT2D eigenvalue weighted by Gasteiger charge is -2.13. The Kier molecular flexibility index (Phi) is 3.07. The van der Waals surface area contributed by atoms with Crippen molar-refractivity contribution in [2.75, 3.05) is 7.11 Å². The molecule has 2 rings (SSSR count). The van der Waals surface area contributed by atoms with Gasteiger partial charge in [-0.3, -0.25) is 0 Å². The molecule has 4 heteroatoms. The van der Waals surface area contributed by atoms with Gasteiger partial charge in [0.2, 0.25) is 0 Å². The molecule has 0 amide bonds. The molecule has 0 unspecified atom stereocenters. The molecule has 0 aliphatic carbocycles. The SMILES string of the molecule is COc1ccc(-c2c(C#N)ncn2C)c(C)c1C. The monoisotopic (exact) mass is 241 g/mol. The minimum Gasteiger partial charge on any atom is -0.496 e. The van der Waals surface area contributed by atoms with Gasteiger partial charge in [-0.1, -0.05) is 0 Å². The number of imidazole rings is 1. The molecular weight excluding hydrogens is 226 g/mol. The number of benzene rings is 1. The van der Waals surface area contributed by atoms with E-state index in [0.29, 0.717) is 5.69 Å². The molecule has 92 valence electrons.